The molecule has 1 saturated heterocycles. The first kappa shape index (κ1) is 18.6. The molecule has 2 aromatic rings. The number of rotatable bonds is 6. The Morgan fingerprint density at radius 3 is 2.44 bits per heavy atom. The van der Waals surface area contributed by atoms with E-state index in [2.05, 4.69) is 10.6 Å². The van der Waals surface area contributed by atoms with Crippen molar-refractivity contribution in [3.63, 3.8) is 0 Å². The van der Waals surface area contributed by atoms with Crippen molar-refractivity contribution in [3.8, 4) is 11.5 Å². The van der Waals surface area contributed by atoms with E-state index < -0.39 is 0 Å². The highest BCUT2D eigenvalue weighted by atomic mass is 16.5. The standard InChI is InChI=1S/C20H23N3O4/c1-26-17-10-5-14(12-18(17)27-2)13-21-20(25)22-15-6-8-16(9-7-15)23-11-3-4-19(23)24/h5-10,12H,3-4,11,13H2,1-2H3,(H2,21,22,25). The number of nitrogens with zero attached hydrogens (tertiary/aromatic N) is 1. The van der Waals surface area contributed by atoms with E-state index in [9.17, 15) is 9.59 Å². The van der Waals surface area contributed by atoms with E-state index in [4.69, 9.17) is 9.47 Å². The number of hydrogen-bond donors (Lipinski definition) is 2. The van der Waals surface area contributed by atoms with Crippen LogP contribution in [0.5, 0.6) is 11.5 Å². The zero-order valence-electron chi connectivity index (χ0n) is 15.5. The van der Waals surface area contributed by atoms with Gasteiger partial charge in [-0.2, -0.15) is 0 Å². The van der Waals surface area contributed by atoms with Crippen LogP contribution in [-0.4, -0.2) is 32.7 Å². The molecule has 1 fully saturated rings. The first-order chi connectivity index (χ1) is 13.1. The minimum Gasteiger partial charge on any atom is -0.493 e. The lowest BCUT2D eigenvalue weighted by Gasteiger charge is -2.16. The molecule has 142 valence electrons. The SMILES string of the molecule is COc1ccc(CNC(=O)Nc2ccc(N3CCCC3=O)cc2)cc1OC. The van der Waals surface area contributed by atoms with Crippen molar-refractivity contribution < 1.29 is 19.1 Å². The van der Waals surface area contributed by atoms with Crippen molar-refractivity contribution in [2.45, 2.75) is 19.4 Å². The zero-order chi connectivity index (χ0) is 19.2. The lowest BCUT2D eigenvalue weighted by molar-refractivity contribution is -0.117. The van der Waals surface area contributed by atoms with Crippen LogP contribution in [-0.2, 0) is 11.3 Å². The molecule has 2 N–H and O–H groups in total. The Morgan fingerprint density at radius 1 is 1.07 bits per heavy atom. The van der Waals surface area contributed by atoms with Crippen molar-refractivity contribution in [2.24, 2.45) is 0 Å². The first-order valence-electron chi connectivity index (χ1n) is 8.77. The molecule has 7 nitrogen and oxygen atoms in total. The van der Waals surface area contributed by atoms with E-state index in [-0.39, 0.29) is 11.9 Å². The van der Waals surface area contributed by atoms with Gasteiger partial charge < -0.3 is 25.0 Å². The molecule has 0 atom stereocenters. The zero-order valence-corrected chi connectivity index (χ0v) is 15.5. The third-order valence-corrected chi connectivity index (χ3v) is 4.41. The predicted molar refractivity (Wildman–Crippen MR) is 103 cm³/mol. The molecular weight excluding hydrogens is 346 g/mol. The van der Waals surface area contributed by atoms with Gasteiger partial charge in [-0.1, -0.05) is 6.07 Å². The van der Waals surface area contributed by atoms with Gasteiger partial charge in [-0.05, 0) is 48.4 Å². The second-order valence-electron chi connectivity index (χ2n) is 6.19. The molecule has 0 aromatic heterocycles. The van der Waals surface area contributed by atoms with E-state index in [1.54, 1.807) is 37.3 Å². The molecule has 0 unspecified atom stereocenters. The molecule has 3 rings (SSSR count). The van der Waals surface area contributed by atoms with Gasteiger partial charge >= 0.3 is 6.03 Å². The normalized spacial score (nSPS) is 13.4. The Bertz CT molecular complexity index is 820. The van der Waals surface area contributed by atoms with Gasteiger partial charge in [0.25, 0.3) is 0 Å². The van der Waals surface area contributed by atoms with Gasteiger partial charge in [-0.15, -0.1) is 0 Å². The van der Waals surface area contributed by atoms with E-state index in [1.807, 2.05) is 24.3 Å². The number of nitrogens with one attached hydrogen (secondary N) is 2. The van der Waals surface area contributed by atoms with Gasteiger partial charge in [-0.3, -0.25) is 4.79 Å². The summed E-state index contributed by atoms with van der Waals surface area (Å²) in [4.78, 5) is 25.7. The topological polar surface area (TPSA) is 79.9 Å². The molecule has 0 radical (unpaired) electrons. The number of ether oxygens (including phenoxy) is 2. The average molecular weight is 369 g/mol. The molecule has 3 amide bonds. The van der Waals surface area contributed by atoms with Crippen LogP contribution < -0.4 is 25.0 Å². The number of methoxy groups -OCH3 is 2. The predicted octanol–water partition coefficient (Wildman–Crippen LogP) is 3.15. The van der Waals surface area contributed by atoms with Crippen molar-refractivity contribution in [1.29, 1.82) is 0 Å². The summed E-state index contributed by atoms with van der Waals surface area (Å²) in [7, 11) is 3.15. The molecule has 1 aliphatic rings. The summed E-state index contributed by atoms with van der Waals surface area (Å²) in [5.41, 5.74) is 2.41. The number of anilines is 2. The molecule has 0 spiro atoms. The van der Waals surface area contributed by atoms with Crippen LogP contribution in [0.1, 0.15) is 18.4 Å². The van der Waals surface area contributed by atoms with Gasteiger partial charge in [0.1, 0.15) is 0 Å². The van der Waals surface area contributed by atoms with Crippen LogP contribution in [0.15, 0.2) is 42.5 Å². The summed E-state index contributed by atoms with van der Waals surface area (Å²) >= 11 is 0. The van der Waals surface area contributed by atoms with Crippen LogP contribution in [0.2, 0.25) is 0 Å². The van der Waals surface area contributed by atoms with Gasteiger partial charge in [0.15, 0.2) is 11.5 Å². The van der Waals surface area contributed by atoms with Crippen LogP contribution in [0.4, 0.5) is 16.2 Å². The number of amides is 3. The van der Waals surface area contributed by atoms with Gasteiger partial charge in [0.2, 0.25) is 5.91 Å². The van der Waals surface area contributed by atoms with E-state index >= 15 is 0 Å². The molecule has 0 aliphatic carbocycles. The van der Waals surface area contributed by atoms with Crippen LogP contribution in [0.3, 0.4) is 0 Å². The van der Waals surface area contributed by atoms with Crippen LogP contribution >= 0.6 is 0 Å². The third kappa shape index (κ3) is 4.49. The summed E-state index contributed by atoms with van der Waals surface area (Å²) in [5.74, 6) is 1.40. The lowest BCUT2D eigenvalue weighted by Crippen LogP contribution is -2.28. The van der Waals surface area contributed by atoms with Crippen molar-refractivity contribution in [3.05, 3.63) is 48.0 Å². The summed E-state index contributed by atoms with van der Waals surface area (Å²) in [5, 5.41) is 5.58. The molecule has 2 aromatic carbocycles. The minimum absolute atomic E-state index is 0.142. The summed E-state index contributed by atoms with van der Waals surface area (Å²) in [6, 6.07) is 12.4. The molecule has 7 heteroatoms. The smallest absolute Gasteiger partial charge is 0.319 e. The van der Waals surface area contributed by atoms with Gasteiger partial charge in [-0.25, -0.2) is 4.79 Å². The minimum atomic E-state index is -0.310. The molecule has 0 bridgehead atoms. The largest absolute Gasteiger partial charge is 0.493 e. The van der Waals surface area contributed by atoms with E-state index in [0.717, 1.165) is 24.2 Å². The maximum atomic E-state index is 12.1. The van der Waals surface area contributed by atoms with Gasteiger partial charge in [0, 0.05) is 30.9 Å². The molecular formula is C20H23N3O4. The first-order valence-corrected chi connectivity index (χ1v) is 8.77. The second kappa shape index (κ2) is 8.44. The molecule has 27 heavy (non-hydrogen) atoms. The van der Waals surface area contributed by atoms with E-state index in [0.29, 0.717) is 30.2 Å². The second-order valence-corrected chi connectivity index (χ2v) is 6.19. The Morgan fingerprint density at radius 2 is 1.81 bits per heavy atom. The maximum Gasteiger partial charge on any atom is 0.319 e. The number of carbonyl (C=O) groups excluding carboxylic acids is 2. The van der Waals surface area contributed by atoms with Crippen LogP contribution in [0.25, 0.3) is 0 Å². The van der Waals surface area contributed by atoms with Crippen LogP contribution in [0, 0.1) is 0 Å². The summed E-state index contributed by atoms with van der Waals surface area (Å²) < 4.78 is 10.5. The quantitative estimate of drug-likeness (QED) is 0.820. The van der Waals surface area contributed by atoms with Gasteiger partial charge in [0.05, 0.1) is 14.2 Å². The number of benzene rings is 2. The Hall–Kier alpha value is -3.22. The highest BCUT2D eigenvalue weighted by Gasteiger charge is 2.21. The molecule has 1 heterocycles. The fourth-order valence-corrected chi connectivity index (χ4v) is 2.99. The fraction of sp³-hybridized carbons (Fsp3) is 0.300. The summed E-state index contributed by atoms with van der Waals surface area (Å²) in [6.07, 6.45) is 1.48. The highest BCUT2D eigenvalue weighted by Crippen LogP contribution is 2.27. The summed E-state index contributed by atoms with van der Waals surface area (Å²) in [6.45, 7) is 1.10. The van der Waals surface area contributed by atoms with Crippen molar-refractivity contribution in [1.82, 2.24) is 5.32 Å². The average Bonchev–Trinajstić information content (AvgIpc) is 3.12. The van der Waals surface area contributed by atoms with E-state index in [1.165, 1.54) is 0 Å². The lowest BCUT2D eigenvalue weighted by atomic mass is 10.2. The monoisotopic (exact) mass is 369 g/mol. The number of carbonyl (C=O) groups is 2. The Balaban J connectivity index is 1.54. The number of hydrogen-bond acceptors (Lipinski definition) is 4. The molecule has 1 aliphatic heterocycles. The fourth-order valence-electron chi connectivity index (χ4n) is 2.99. The highest BCUT2D eigenvalue weighted by molar-refractivity contribution is 5.96. The van der Waals surface area contributed by atoms with Crippen molar-refractivity contribution >= 4 is 23.3 Å². The Labute approximate surface area is 158 Å². The third-order valence-electron chi connectivity index (χ3n) is 4.41. The number of urea groups is 1. The maximum absolute atomic E-state index is 12.1. The Kier molecular flexibility index (Phi) is 5.80. The molecule has 0 saturated carbocycles. The van der Waals surface area contributed by atoms with Crippen molar-refractivity contribution in [2.75, 3.05) is 31.0 Å².